The van der Waals surface area contributed by atoms with E-state index in [4.69, 9.17) is 0 Å². The van der Waals surface area contributed by atoms with E-state index in [1.807, 2.05) is 0 Å². The molecule has 0 aliphatic heterocycles. The van der Waals surface area contributed by atoms with E-state index in [2.05, 4.69) is 36.3 Å². The minimum Gasteiger partial charge on any atom is -0.316 e. The molecule has 13 heavy (non-hydrogen) atoms. The first-order valence-electron chi connectivity index (χ1n) is 5.37. The first kappa shape index (κ1) is 10.7. The van der Waals surface area contributed by atoms with E-state index in [-0.39, 0.29) is 0 Å². The maximum absolute atomic E-state index is 3.35. The zero-order valence-corrected chi connectivity index (χ0v) is 8.92. The zero-order chi connectivity index (χ0) is 9.52. The summed E-state index contributed by atoms with van der Waals surface area (Å²) in [5, 5.41) is 3.35. The standard InChI is InChI=1S/C11H22N2/c1-3-12-8-9-13(2)10-11-6-4-5-7-11/h4-5,11-12H,3,6-10H2,1-2H3. The van der Waals surface area contributed by atoms with Crippen LogP contribution in [0.2, 0.25) is 0 Å². The third-order valence-electron chi connectivity index (χ3n) is 2.60. The van der Waals surface area contributed by atoms with Crippen molar-refractivity contribution in [3.05, 3.63) is 12.2 Å². The first-order chi connectivity index (χ1) is 6.33. The molecule has 0 saturated heterocycles. The van der Waals surface area contributed by atoms with Gasteiger partial charge in [0, 0.05) is 19.6 Å². The molecule has 0 bridgehead atoms. The van der Waals surface area contributed by atoms with Gasteiger partial charge in [-0.1, -0.05) is 19.1 Å². The number of nitrogens with one attached hydrogen (secondary N) is 1. The number of hydrogen-bond donors (Lipinski definition) is 1. The van der Waals surface area contributed by atoms with Crippen molar-refractivity contribution in [1.29, 1.82) is 0 Å². The van der Waals surface area contributed by atoms with Gasteiger partial charge in [-0.15, -0.1) is 0 Å². The molecule has 2 nitrogen and oxygen atoms in total. The minimum absolute atomic E-state index is 0.881. The highest BCUT2D eigenvalue weighted by atomic mass is 15.1. The summed E-state index contributed by atoms with van der Waals surface area (Å²) in [4.78, 5) is 2.43. The Hall–Kier alpha value is -0.340. The molecule has 0 aromatic heterocycles. The van der Waals surface area contributed by atoms with E-state index >= 15 is 0 Å². The lowest BCUT2D eigenvalue weighted by atomic mass is 10.1. The lowest BCUT2D eigenvalue weighted by molar-refractivity contribution is 0.282. The highest BCUT2D eigenvalue weighted by Crippen LogP contribution is 2.17. The van der Waals surface area contributed by atoms with Crippen molar-refractivity contribution in [3.63, 3.8) is 0 Å². The SMILES string of the molecule is CCNCCN(C)CC1CC=CC1. The average molecular weight is 182 g/mol. The summed E-state index contributed by atoms with van der Waals surface area (Å²) in [6.45, 7) is 6.77. The molecule has 0 atom stereocenters. The predicted molar refractivity (Wildman–Crippen MR) is 57.9 cm³/mol. The van der Waals surface area contributed by atoms with Crippen molar-refractivity contribution in [1.82, 2.24) is 10.2 Å². The molecule has 0 fully saturated rings. The lowest BCUT2D eigenvalue weighted by Crippen LogP contribution is -2.32. The van der Waals surface area contributed by atoms with Crippen LogP contribution in [0.3, 0.4) is 0 Å². The Morgan fingerprint density at radius 1 is 1.38 bits per heavy atom. The van der Waals surface area contributed by atoms with Crippen molar-refractivity contribution in [2.45, 2.75) is 19.8 Å². The summed E-state index contributed by atoms with van der Waals surface area (Å²) in [5.74, 6) is 0.881. The Morgan fingerprint density at radius 3 is 2.69 bits per heavy atom. The Balaban J connectivity index is 2.00. The molecule has 0 amide bonds. The quantitative estimate of drug-likeness (QED) is 0.494. The molecule has 1 N–H and O–H groups in total. The largest absolute Gasteiger partial charge is 0.316 e. The predicted octanol–water partition coefficient (Wildman–Crippen LogP) is 1.49. The zero-order valence-electron chi connectivity index (χ0n) is 8.92. The van der Waals surface area contributed by atoms with Gasteiger partial charge < -0.3 is 10.2 Å². The average Bonchev–Trinajstić information content (AvgIpc) is 2.57. The Bertz CT molecular complexity index is 146. The molecule has 0 saturated carbocycles. The third kappa shape index (κ3) is 4.44. The molecule has 1 aliphatic rings. The van der Waals surface area contributed by atoms with Gasteiger partial charge in [-0.3, -0.25) is 0 Å². The summed E-state index contributed by atoms with van der Waals surface area (Å²) in [5.41, 5.74) is 0. The highest BCUT2D eigenvalue weighted by molar-refractivity contribution is 4.94. The van der Waals surface area contributed by atoms with Crippen molar-refractivity contribution >= 4 is 0 Å². The summed E-state index contributed by atoms with van der Waals surface area (Å²) in [7, 11) is 2.22. The second-order valence-corrected chi connectivity index (χ2v) is 3.92. The third-order valence-corrected chi connectivity index (χ3v) is 2.60. The molecular formula is C11H22N2. The van der Waals surface area contributed by atoms with Crippen LogP contribution in [0.1, 0.15) is 19.8 Å². The van der Waals surface area contributed by atoms with E-state index in [1.54, 1.807) is 0 Å². The monoisotopic (exact) mass is 182 g/mol. The normalized spacial score (nSPS) is 17.5. The van der Waals surface area contributed by atoms with E-state index in [0.29, 0.717) is 0 Å². The fourth-order valence-corrected chi connectivity index (χ4v) is 1.80. The van der Waals surface area contributed by atoms with Crippen LogP contribution < -0.4 is 5.32 Å². The fraction of sp³-hybridized carbons (Fsp3) is 0.818. The van der Waals surface area contributed by atoms with Gasteiger partial charge in [0.1, 0.15) is 0 Å². The highest BCUT2D eigenvalue weighted by Gasteiger charge is 2.11. The molecule has 76 valence electrons. The molecule has 0 radical (unpaired) electrons. The maximum Gasteiger partial charge on any atom is 0.0104 e. The molecule has 1 rings (SSSR count). The minimum atomic E-state index is 0.881. The van der Waals surface area contributed by atoms with Crippen LogP contribution >= 0.6 is 0 Å². The molecule has 0 aromatic rings. The van der Waals surface area contributed by atoms with Crippen molar-refractivity contribution in [2.75, 3.05) is 33.2 Å². The van der Waals surface area contributed by atoms with Crippen LogP contribution in [-0.4, -0.2) is 38.1 Å². The fourth-order valence-electron chi connectivity index (χ4n) is 1.80. The van der Waals surface area contributed by atoms with Gasteiger partial charge in [-0.05, 0) is 32.4 Å². The molecule has 0 heterocycles. The van der Waals surface area contributed by atoms with Gasteiger partial charge in [0.05, 0.1) is 0 Å². The molecule has 0 spiro atoms. The Kier molecular flexibility index (Phi) is 5.09. The van der Waals surface area contributed by atoms with E-state index < -0.39 is 0 Å². The molecular weight excluding hydrogens is 160 g/mol. The van der Waals surface area contributed by atoms with Crippen LogP contribution in [0.4, 0.5) is 0 Å². The van der Waals surface area contributed by atoms with Crippen LogP contribution in [-0.2, 0) is 0 Å². The van der Waals surface area contributed by atoms with Gasteiger partial charge in [-0.2, -0.15) is 0 Å². The Labute approximate surface area is 82.0 Å². The summed E-state index contributed by atoms with van der Waals surface area (Å²) >= 11 is 0. The lowest BCUT2D eigenvalue weighted by Gasteiger charge is -2.20. The van der Waals surface area contributed by atoms with Crippen molar-refractivity contribution in [3.8, 4) is 0 Å². The van der Waals surface area contributed by atoms with E-state index in [0.717, 1.165) is 19.0 Å². The molecule has 1 aliphatic carbocycles. The van der Waals surface area contributed by atoms with Crippen molar-refractivity contribution < 1.29 is 0 Å². The number of likely N-dealkylation sites (N-methyl/N-ethyl adjacent to an activating group) is 2. The summed E-state index contributed by atoms with van der Waals surface area (Å²) < 4.78 is 0. The van der Waals surface area contributed by atoms with Crippen molar-refractivity contribution in [2.24, 2.45) is 5.92 Å². The Morgan fingerprint density at radius 2 is 2.08 bits per heavy atom. The number of nitrogens with zero attached hydrogens (tertiary/aromatic N) is 1. The van der Waals surface area contributed by atoms with Crippen LogP contribution in [0.15, 0.2) is 12.2 Å². The second kappa shape index (κ2) is 6.17. The molecule has 2 heteroatoms. The maximum atomic E-state index is 3.35. The topological polar surface area (TPSA) is 15.3 Å². The summed E-state index contributed by atoms with van der Waals surface area (Å²) in [6, 6.07) is 0. The van der Waals surface area contributed by atoms with E-state index in [9.17, 15) is 0 Å². The summed E-state index contributed by atoms with van der Waals surface area (Å²) in [6.07, 6.45) is 7.18. The van der Waals surface area contributed by atoms with Gasteiger partial charge in [-0.25, -0.2) is 0 Å². The van der Waals surface area contributed by atoms with Gasteiger partial charge in [0.25, 0.3) is 0 Å². The van der Waals surface area contributed by atoms with E-state index in [1.165, 1.54) is 25.9 Å². The molecule has 0 unspecified atom stereocenters. The number of allylic oxidation sites excluding steroid dienone is 2. The van der Waals surface area contributed by atoms with Gasteiger partial charge >= 0.3 is 0 Å². The second-order valence-electron chi connectivity index (χ2n) is 3.92. The van der Waals surface area contributed by atoms with Gasteiger partial charge in [0.2, 0.25) is 0 Å². The first-order valence-corrected chi connectivity index (χ1v) is 5.37. The molecule has 0 aromatic carbocycles. The number of hydrogen-bond acceptors (Lipinski definition) is 2. The van der Waals surface area contributed by atoms with Gasteiger partial charge in [0.15, 0.2) is 0 Å². The smallest absolute Gasteiger partial charge is 0.0104 e. The number of rotatable bonds is 6. The van der Waals surface area contributed by atoms with Crippen LogP contribution in [0.25, 0.3) is 0 Å². The van der Waals surface area contributed by atoms with Crippen LogP contribution in [0.5, 0.6) is 0 Å². The van der Waals surface area contributed by atoms with Crippen LogP contribution in [0, 0.1) is 5.92 Å².